The molecule has 86 valence electrons. The molecule has 16 heavy (non-hydrogen) atoms. The van der Waals surface area contributed by atoms with Crippen molar-refractivity contribution in [1.82, 2.24) is 0 Å². The first-order chi connectivity index (χ1) is 7.70. The largest absolute Gasteiger partial charge is 0.375 e. The molecule has 1 aliphatic heterocycles. The van der Waals surface area contributed by atoms with Crippen molar-refractivity contribution in [1.29, 1.82) is 0 Å². The van der Waals surface area contributed by atoms with E-state index in [-0.39, 0.29) is 5.91 Å². The van der Waals surface area contributed by atoms with Gasteiger partial charge in [-0.25, -0.2) is 0 Å². The molecule has 0 atom stereocenters. The molecule has 1 aromatic carbocycles. The van der Waals surface area contributed by atoms with Crippen molar-refractivity contribution < 1.29 is 4.79 Å². The van der Waals surface area contributed by atoms with E-state index < -0.39 is 0 Å². The molecule has 3 nitrogen and oxygen atoms in total. The van der Waals surface area contributed by atoms with E-state index in [4.69, 9.17) is 0 Å². The van der Waals surface area contributed by atoms with Crippen molar-refractivity contribution in [2.75, 3.05) is 29.6 Å². The van der Waals surface area contributed by atoms with Crippen LogP contribution in [0.4, 0.5) is 11.4 Å². The number of carbonyl (C=O) groups is 1. The average molecular weight is 236 g/mol. The summed E-state index contributed by atoms with van der Waals surface area (Å²) in [7, 11) is 2.06. The Morgan fingerprint density at radius 3 is 3.06 bits per heavy atom. The van der Waals surface area contributed by atoms with Crippen molar-refractivity contribution in [3.05, 3.63) is 23.8 Å². The number of anilines is 2. The molecule has 0 bridgehead atoms. The lowest BCUT2D eigenvalue weighted by Gasteiger charge is -2.19. The molecule has 0 saturated carbocycles. The number of thiol groups is 1. The second-order valence-corrected chi connectivity index (χ2v) is 4.51. The molecule has 0 aliphatic carbocycles. The molecule has 1 N–H and O–H groups in total. The first-order valence-electron chi connectivity index (χ1n) is 5.45. The molecule has 0 aromatic heterocycles. The fourth-order valence-corrected chi connectivity index (χ4v) is 2.03. The Kier molecular flexibility index (Phi) is 3.39. The highest BCUT2D eigenvalue weighted by atomic mass is 32.1. The van der Waals surface area contributed by atoms with Crippen LogP contribution in [0, 0.1) is 0 Å². The van der Waals surface area contributed by atoms with E-state index in [1.807, 2.05) is 12.1 Å². The van der Waals surface area contributed by atoms with Gasteiger partial charge in [-0.3, -0.25) is 4.79 Å². The standard InChI is InChI=1S/C12H16N2OS/c1-14(5-2-6-16)10-3-4-11-9(7-10)8-12(15)13-11/h3-4,7,16H,2,5-6,8H2,1H3,(H,13,15). The number of nitrogens with one attached hydrogen (secondary N) is 1. The Labute approximate surface area is 101 Å². The van der Waals surface area contributed by atoms with E-state index in [1.165, 1.54) is 0 Å². The molecule has 1 heterocycles. The molecule has 1 aliphatic rings. The maximum absolute atomic E-state index is 11.2. The summed E-state index contributed by atoms with van der Waals surface area (Å²) in [5.74, 6) is 0.986. The van der Waals surface area contributed by atoms with Crippen LogP contribution in [0.25, 0.3) is 0 Å². The molecule has 0 fully saturated rings. The van der Waals surface area contributed by atoms with Gasteiger partial charge in [0.25, 0.3) is 0 Å². The summed E-state index contributed by atoms with van der Waals surface area (Å²) < 4.78 is 0. The lowest BCUT2D eigenvalue weighted by atomic mass is 10.1. The third kappa shape index (κ3) is 2.32. The number of benzene rings is 1. The Morgan fingerprint density at radius 2 is 2.31 bits per heavy atom. The Morgan fingerprint density at radius 1 is 1.50 bits per heavy atom. The van der Waals surface area contributed by atoms with Crippen LogP contribution in [0.1, 0.15) is 12.0 Å². The van der Waals surface area contributed by atoms with Gasteiger partial charge in [-0.2, -0.15) is 12.6 Å². The average Bonchev–Trinajstić information content (AvgIpc) is 2.64. The van der Waals surface area contributed by atoms with Crippen molar-refractivity contribution in [2.45, 2.75) is 12.8 Å². The molecule has 2 rings (SSSR count). The minimum Gasteiger partial charge on any atom is -0.375 e. The zero-order valence-corrected chi connectivity index (χ0v) is 10.3. The first-order valence-corrected chi connectivity index (χ1v) is 6.08. The summed E-state index contributed by atoms with van der Waals surface area (Å²) in [5.41, 5.74) is 3.22. The summed E-state index contributed by atoms with van der Waals surface area (Å²) in [6.45, 7) is 0.990. The van der Waals surface area contributed by atoms with E-state index in [0.717, 1.165) is 35.7 Å². The SMILES string of the molecule is CN(CCCS)c1ccc2c(c1)CC(=O)N2. The quantitative estimate of drug-likeness (QED) is 0.783. The molecule has 0 unspecified atom stereocenters. The third-order valence-electron chi connectivity index (χ3n) is 2.81. The van der Waals surface area contributed by atoms with Gasteiger partial charge in [0.05, 0.1) is 6.42 Å². The van der Waals surface area contributed by atoms with E-state index in [2.05, 4.69) is 36.0 Å². The zero-order chi connectivity index (χ0) is 11.5. The smallest absolute Gasteiger partial charge is 0.228 e. The van der Waals surface area contributed by atoms with Gasteiger partial charge in [0.15, 0.2) is 0 Å². The minimum atomic E-state index is 0.0881. The van der Waals surface area contributed by atoms with E-state index in [1.54, 1.807) is 0 Å². The second kappa shape index (κ2) is 4.78. The van der Waals surface area contributed by atoms with Gasteiger partial charge in [-0.15, -0.1) is 0 Å². The lowest BCUT2D eigenvalue weighted by molar-refractivity contribution is -0.115. The first kappa shape index (κ1) is 11.3. The maximum Gasteiger partial charge on any atom is 0.228 e. The number of fused-ring (bicyclic) bond motifs is 1. The predicted octanol–water partition coefficient (Wildman–Crippen LogP) is 1.94. The summed E-state index contributed by atoms with van der Waals surface area (Å²) in [6.07, 6.45) is 1.57. The van der Waals surface area contributed by atoms with Gasteiger partial charge in [-0.1, -0.05) is 0 Å². The highest BCUT2D eigenvalue weighted by Crippen LogP contribution is 2.27. The molecule has 0 spiro atoms. The fourth-order valence-electron chi connectivity index (χ4n) is 1.89. The van der Waals surface area contributed by atoms with Crippen molar-refractivity contribution >= 4 is 29.9 Å². The topological polar surface area (TPSA) is 32.3 Å². The van der Waals surface area contributed by atoms with Gasteiger partial charge in [0.2, 0.25) is 5.91 Å². The monoisotopic (exact) mass is 236 g/mol. The Balaban J connectivity index is 2.12. The normalized spacial score (nSPS) is 13.5. The maximum atomic E-state index is 11.2. The van der Waals surface area contributed by atoms with E-state index in [0.29, 0.717) is 6.42 Å². The van der Waals surface area contributed by atoms with Gasteiger partial charge < -0.3 is 10.2 Å². The predicted molar refractivity (Wildman–Crippen MR) is 70.5 cm³/mol. The van der Waals surface area contributed by atoms with Crippen LogP contribution >= 0.6 is 12.6 Å². The van der Waals surface area contributed by atoms with Crippen LogP contribution in [-0.2, 0) is 11.2 Å². The molecular formula is C12H16N2OS. The molecule has 1 amide bonds. The minimum absolute atomic E-state index is 0.0881. The van der Waals surface area contributed by atoms with Crippen LogP contribution in [0.3, 0.4) is 0 Å². The highest BCUT2D eigenvalue weighted by molar-refractivity contribution is 7.80. The Bertz CT molecular complexity index is 406. The van der Waals surface area contributed by atoms with Gasteiger partial charge in [-0.05, 0) is 35.9 Å². The van der Waals surface area contributed by atoms with Crippen LogP contribution < -0.4 is 10.2 Å². The van der Waals surface area contributed by atoms with Gasteiger partial charge >= 0.3 is 0 Å². The fraction of sp³-hybridized carbons (Fsp3) is 0.417. The highest BCUT2D eigenvalue weighted by Gasteiger charge is 2.17. The van der Waals surface area contributed by atoms with E-state index in [9.17, 15) is 4.79 Å². The summed E-state index contributed by atoms with van der Waals surface area (Å²) in [5, 5.41) is 2.84. The van der Waals surface area contributed by atoms with Crippen LogP contribution in [0.2, 0.25) is 0 Å². The second-order valence-electron chi connectivity index (χ2n) is 4.07. The molecule has 4 heteroatoms. The zero-order valence-electron chi connectivity index (χ0n) is 9.36. The van der Waals surface area contributed by atoms with Gasteiger partial charge in [0, 0.05) is 25.0 Å². The number of hydrogen-bond donors (Lipinski definition) is 2. The number of nitrogens with zero attached hydrogens (tertiary/aromatic N) is 1. The summed E-state index contributed by atoms with van der Waals surface area (Å²) in [6, 6.07) is 6.11. The Hall–Kier alpha value is -1.16. The van der Waals surface area contributed by atoms with Gasteiger partial charge in [0.1, 0.15) is 0 Å². The van der Waals surface area contributed by atoms with Crippen LogP contribution in [-0.4, -0.2) is 25.3 Å². The third-order valence-corrected chi connectivity index (χ3v) is 3.12. The van der Waals surface area contributed by atoms with E-state index >= 15 is 0 Å². The number of rotatable bonds is 4. The molecule has 0 radical (unpaired) electrons. The van der Waals surface area contributed by atoms with Crippen LogP contribution in [0.15, 0.2) is 18.2 Å². The number of hydrogen-bond acceptors (Lipinski definition) is 3. The lowest BCUT2D eigenvalue weighted by Crippen LogP contribution is -2.18. The molecular weight excluding hydrogens is 220 g/mol. The summed E-state index contributed by atoms with van der Waals surface area (Å²) in [4.78, 5) is 13.4. The van der Waals surface area contributed by atoms with Crippen molar-refractivity contribution in [3.8, 4) is 0 Å². The van der Waals surface area contributed by atoms with Crippen molar-refractivity contribution in [2.24, 2.45) is 0 Å². The molecule has 0 saturated heterocycles. The molecule has 1 aromatic rings. The van der Waals surface area contributed by atoms with Crippen molar-refractivity contribution in [3.63, 3.8) is 0 Å². The van der Waals surface area contributed by atoms with Crippen LogP contribution in [0.5, 0.6) is 0 Å². The number of amides is 1. The number of carbonyl (C=O) groups excluding carboxylic acids is 1. The summed E-state index contributed by atoms with van der Waals surface area (Å²) >= 11 is 4.20.